The molecule has 1 atom stereocenters. The molecule has 1 aliphatic rings. The van der Waals surface area contributed by atoms with Crippen LogP contribution in [0.2, 0.25) is 0 Å². The molecular weight excluding hydrogens is 250 g/mol. The van der Waals surface area contributed by atoms with Crippen molar-refractivity contribution in [3.8, 4) is 0 Å². The monoisotopic (exact) mass is 277 g/mol. The standard InChI is InChI=1S/C16H27N3O/c1-12(2)17-10-13-6-7-15-14(9-13)11-18-16(19-15)5-4-8-20-3/h11-13,17H,4-10H2,1-3H3. The fourth-order valence-electron chi connectivity index (χ4n) is 2.70. The van der Waals surface area contributed by atoms with Crippen molar-refractivity contribution in [1.82, 2.24) is 15.3 Å². The highest BCUT2D eigenvalue weighted by Crippen LogP contribution is 2.23. The Hall–Kier alpha value is -1.00. The van der Waals surface area contributed by atoms with Gasteiger partial charge in [-0.1, -0.05) is 13.8 Å². The zero-order valence-corrected chi connectivity index (χ0v) is 13.0. The van der Waals surface area contributed by atoms with Crippen LogP contribution in [-0.2, 0) is 24.0 Å². The van der Waals surface area contributed by atoms with Gasteiger partial charge in [0.15, 0.2) is 0 Å². The molecule has 0 saturated heterocycles. The van der Waals surface area contributed by atoms with Crippen LogP contribution in [0, 0.1) is 5.92 Å². The first-order valence-corrected chi connectivity index (χ1v) is 7.75. The van der Waals surface area contributed by atoms with Crippen molar-refractivity contribution in [2.45, 2.75) is 52.0 Å². The second-order valence-electron chi connectivity index (χ2n) is 6.03. The normalized spacial score (nSPS) is 18.3. The highest BCUT2D eigenvalue weighted by molar-refractivity contribution is 5.21. The Morgan fingerprint density at radius 3 is 3.05 bits per heavy atom. The highest BCUT2D eigenvalue weighted by Gasteiger charge is 2.20. The Morgan fingerprint density at radius 1 is 1.45 bits per heavy atom. The summed E-state index contributed by atoms with van der Waals surface area (Å²) in [6, 6.07) is 0.566. The van der Waals surface area contributed by atoms with Crippen molar-refractivity contribution in [2.24, 2.45) is 5.92 Å². The van der Waals surface area contributed by atoms with Gasteiger partial charge in [0, 0.05) is 38.1 Å². The molecule has 0 amide bonds. The van der Waals surface area contributed by atoms with Crippen molar-refractivity contribution < 1.29 is 4.74 Å². The van der Waals surface area contributed by atoms with Gasteiger partial charge in [0.1, 0.15) is 5.82 Å². The summed E-state index contributed by atoms with van der Waals surface area (Å²) in [5.74, 6) is 1.70. The van der Waals surface area contributed by atoms with Crippen LogP contribution in [-0.4, -0.2) is 36.3 Å². The summed E-state index contributed by atoms with van der Waals surface area (Å²) in [6.45, 7) is 6.29. The molecule has 0 aliphatic heterocycles. The average molecular weight is 277 g/mol. The van der Waals surface area contributed by atoms with Gasteiger partial charge in [-0.05, 0) is 43.7 Å². The SMILES string of the molecule is COCCCc1ncc2c(n1)CCC(CNC(C)C)C2. The van der Waals surface area contributed by atoms with E-state index in [1.54, 1.807) is 7.11 Å². The molecular formula is C16H27N3O. The van der Waals surface area contributed by atoms with Crippen LogP contribution in [0.5, 0.6) is 0 Å². The number of rotatable bonds is 7. The van der Waals surface area contributed by atoms with Gasteiger partial charge in [-0.3, -0.25) is 0 Å². The Balaban J connectivity index is 1.90. The summed E-state index contributed by atoms with van der Waals surface area (Å²) >= 11 is 0. The summed E-state index contributed by atoms with van der Waals surface area (Å²) in [7, 11) is 1.74. The van der Waals surface area contributed by atoms with Crippen LogP contribution in [0.4, 0.5) is 0 Å². The van der Waals surface area contributed by atoms with E-state index in [-0.39, 0.29) is 0 Å². The first kappa shape index (κ1) is 15.4. The van der Waals surface area contributed by atoms with Crippen molar-refractivity contribution in [1.29, 1.82) is 0 Å². The van der Waals surface area contributed by atoms with Crippen molar-refractivity contribution in [3.63, 3.8) is 0 Å². The van der Waals surface area contributed by atoms with Crippen LogP contribution >= 0.6 is 0 Å². The second kappa shape index (κ2) is 7.70. The van der Waals surface area contributed by atoms with Gasteiger partial charge in [0.25, 0.3) is 0 Å². The lowest BCUT2D eigenvalue weighted by atomic mass is 9.87. The fraction of sp³-hybridized carbons (Fsp3) is 0.750. The van der Waals surface area contributed by atoms with Gasteiger partial charge in [-0.2, -0.15) is 0 Å². The fourth-order valence-corrected chi connectivity index (χ4v) is 2.70. The third-order valence-corrected chi connectivity index (χ3v) is 3.87. The van der Waals surface area contributed by atoms with E-state index in [1.165, 1.54) is 17.7 Å². The average Bonchev–Trinajstić information content (AvgIpc) is 2.45. The topological polar surface area (TPSA) is 47.0 Å². The molecule has 4 nitrogen and oxygen atoms in total. The van der Waals surface area contributed by atoms with Crippen LogP contribution in [0.3, 0.4) is 0 Å². The summed E-state index contributed by atoms with van der Waals surface area (Å²) in [4.78, 5) is 9.23. The quantitative estimate of drug-likeness (QED) is 0.776. The van der Waals surface area contributed by atoms with E-state index in [0.717, 1.165) is 50.6 Å². The second-order valence-corrected chi connectivity index (χ2v) is 6.03. The van der Waals surface area contributed by atoms with Gasteiger partial charge in [-0.25, -0.2) is 9.97 Å². The van der Waals surface area contributed by atoms with E-state index in [4.69, 9.17) is 9.72 Å². The Morgan fingerprint density at radius 2 is 2.30 bits per heavy atom. The maximum atomic E-state index is 5.07. The summed E-state index contributed by atoms with van der Waals surface area (Å²) in [6.07, 6.45) is 7.41. The number of nitrogens with one attached hydrogen (secondary N) is 1. The number of hydrogen-bond donors (Lipinski definition) is 1. The third kappa shape index (κ3) is 4.53. The van der Waals surface area contributed by atoms with Gasteiger partial charge in [-0.15, -0.1) is 0 Å². The first-order chi connectivity index (χ1) is 9.69. The molecule has 4 heteroatoms. The lowest BCUT2D eigenvalue weighted by molar-refractivity contribution is 0.194. The lowest BCUT2D eigenvalue weighted by Crippen LogP contribution is -2.32. The van der Waals surface area contributed by atoms with E-state index in [1.807, 2.05) is 6.20 Å². The lowest BCUT2D eigenvalue weighted by Gasteiger charge is -2.25. The Labute approximate surface area is 122 Å². The van der Waals surface area contributed by atoms with Gasteiger partial charge >= 0.3 is 0 Å². The highest BCUT2D eigenvalue weighted by atomic mass is 16.5. The van der Waals surface area contributed by atoms with E-state index in [0.29, 0.717) is 6.04 Å². The molecule has 1 aliphatic carbocycles. The largest absolute Gasteiger partial charge is 0.385 e. The molecule has 0 spiro atoms. The number of nitrogens with zero attached hydrogens (tertiary/aromatic N) is 2. The number of aryl methyl sites for hydroxylation is 2. The maximum Gasteiger partial charge on any atom is 0.128 e. The molecule has 0 bridgehead atoms. The van der Waals surface area contributed by atoms with Gasteiger partial charge < -0.3 is 10.1 Å². The van der Waals surface area contributed by atoms with Crippen LogP contribution in [0.1, 0.15) is 43.8 Å². The molecule has 1 aromatic rings. The molecule has 1 unspecified atom stereocenters. The number of aromatic nitrogens is 2. The van der Waals surface area contributed by atoms with E-state index in [2.05, 4.69) is 24.1 Å². The number of hydrogen-bond acceptors (Lipinski definition) is 4. The molecule has 0 fully saturated rings. The summed E-state index contributed by atoms with van der Waals surface area (Å²) in [5.41, 5.74) is 2.62. The minimum Gasteiger partial charge on any atom is -0.385 e. The third-order valence-electron chi connectivity index (χ3n) is 3.87. The van der Waals surface area contributed by atoms with Crippen molar-refractivity contribution in [3.05, 3.63) is 23.3 Å². The predicted molar refractivity (Wildman–Crippen MR) is 80.9 cm³/mol. The van der Waals surface area contributed by atoms with E-state index < -0.39 is 0 Å². The maximum absolute atomic E-state index is 5.07. The van der Waals surface area contributed by atoms with Crippen LogP contribution in [0.15, 0.2) is 6.20 Å². The van der Waals surface area contributed by atoms with Crippen LogP contribution < -0.4 is 5.32 Å². The zero-order valence-electron chi connectivity index (χ0n) is 13.0. The molecule has 2 rings (SSSR count). The smallest absolute Gasteiger partial charge is 0.128 e. The molecule has 1 aromatic heterocycles. The van der Waals surface area contributed by atoms with Crippen molar-refractivity contribution in [2.75, 3.05) is 20.3 Å². The number of ether oxygens (including phenoxy) is 1. The Bertz CT molecular complexity index is 420. The minimum absolute atomic E-state index is 0.566. The molecule has 112 valence electrons. The molecule has 0 saturated carbocycles. The van der Waals surface area contributed by atoms with Crippen LogP contribution in [0.25, 0.3) is 0 Å². The van der Waals surface area contributed by atoms with Gasteiger partial charge in [0.05, 0.1) is 0 Å². The molecule has 20 heavy (non-hydrogen) atoms. The number of fused-ring (bicyclic) bond motifs is 1. The minimum atomic E-state index is 0.566. The molecule has 0 radical (unpaired) electrons. The molecule has 0 aromatic carbocycles. The van der Waals surface area contributed by atoms with Crippen molar-refractivity contribution >= 4 is 0 Å². The van der Waals surface area contributed by atoms with E-state index in [9.17, 15) is 0 Å². The van der Waals surface area contributed by atoms with Gasteiger partial charge in [0.2, 0.25) is 0 Å². The molecule has 1 N–H and O–H groups in total. The van der Waals surface area contributed by atoms with E-state index >= 15 is 0 Å². The summed E-state index contributed by atoms with van der Waals surface area (Å²) in [5, 5.41) is 3.54. The summed E-state index contributed by atoms with van der Waals surface area (Å²) < 4.78 is 5.07. The first-order valence-electron chi connectivity index (χ1n) is 7.75. The predicted octanol–water partition coefficient (Wildman–Crippen LogP) is 2.16. The molecule has 1 heterocycles. The zero-order chi connectivity index (χ0) is 14.4. The Kier molecular flexibility index (Phi) is 5.92. The number of methoxy groups -OCH3 is 1.